The van der Waals surface area contributed by atoms with E-state index in [0.29, 0.717) is 6.61 Å². The van der Waals surface area contributed by atoms with Crippen LogP contribution in [0.25, 0.3) is 5.57 Å². The molecule has 0 fully saturated rings. The normalized spacial score (nSPS) is 11.2. The van der Waals surface area contributed by atoms with Crippen molar-refractivity contribution in [2.45, 2.75) is 20.3 Å². The largest absolute Gasteiger partial charge is 0.493 e. The first-order chi connectivity index (χ1) is 7.33. The van der Waals surface area contributed by atoms with E-state index < -0.39 is 0 Å². The molecule has 0 saturated carbocycles. The number of ether oxygens (including phenoxy) is 1. The third kappa shape index (κ3) is 2.98. The highest BCUT2D eigenvalue weighted by Gasteiger charge is 2.05. The summed E-state index contributed by atoms with van der Waals surface area (Å²) in [5, 5.41) is 0. The van der Waals surface area contributed by atoms with Crippen LogP contribution in [-0.4, -0.2) is 6.61 Å². The summed E-state index contributed by atoms with van der Waals surface area (Å²) in [4.78, 5) is 0. The van der Waals surface area contributed by atoms with Gasteiger partial charge in [-0.2, -0.15) is 0 Å². The molecule has 0 aromatic heterocycles. The third-order valence-electron chi connectivity index (χ3n) is 2.23. The zero-order valence-electron chi connectivity index (χ0n) is 9.49. The Labute approximate surface area is 92.1 Å². The maximum atomic E-state index is 5.59. The van der Waals surface area contributed by atoms with Gasteiger partial charge in [0.1, 0.15) is 5.75 Å². The van der Waals surface area contributed by atoms with E-state index in [4.69, 9.17) is 4.74 Å². The highest BCUT2D eigenvalue weighted by Crippen LogP contribution is 2.27. The Morgan fingerprint density at radius 3 is 2.67 bits per heavy atom. The summed E-state index contributed by atoms with van der Waals surface area (Å²) in [6.45, 7) is 8.57. The van der Waals surface area contributed by atoms with Crippen LogP contribution < -0.4 is 4.74 Å². The Bertz CT molecular complexity index is 350. The van der Waals surface area contributed by atoms with Crippen molar-refractivity contribution in [3.63, 3.8) is 0 Å². The van der Waals surface area contributed by atoms with Crippen LogP contribution >= 0.6 is 0 Å². The molecule has 1 nitrogen and oxygen atoms in total. The van der Waals surface area contributed by atoms with Gasteiger partial charge in [-0.15, -0.1) is 0 Å². The molecule has 80 valence electrons. The van der Waals surface area contributed by atoms with E-state index in [2.05, 4.69) is 19.6 Å². The van der Waals surface area contributed by atoms with Crippen LogP contribution in [0, 0.1) is 0 Å². The van der Waals surface area contributed by atoms with E-state index in [9.17, 15) is 0 Å². The fraction of sp³-hybridized carbons (Fsp3) is 0.286. The van der Waals surface area contributed by atoms with Gasteiger partial charge >= 0.3 is 0 Å². The average molecular weight is 202 g/mol. The van der Waals surface area contributed by atoms with Crippen molar-refractivity contribution in [1.29, 1.82) is 0 Å². The fourth-order valence-electron chi connectivity index (χ4n) is 1.55. The summed E-state index contributed by atoms with van der Waals surface area (Å²) < 4.78 is 5.59. The molecule has 0 heterocycles. The van der Waals surface area contributed by atoms with Crippen LogP contribution in [-0.2, 0) is 0 Å². The topological polar surface area (TPSA) is 9.23 Å². The SMILES string of the molecule is C=C/C=C(\CC)c1ccccc1OCC. The molecule has 15 heavy (non-hydrogen) atoms. The minimum Gasteiger partial charge on any atom is -0.493 e. The minimum atomic E-state index is 0.697. The van der Waals surface area contributed by atoms with Crippen molar-refractivity contribution in [3.8, 4) is 5.75 Å². The fourth-order valence-corrected chi connectivity index (χ4v) is 1.55. The smallest absolute Gasteiger partial charge is 0.126 e. The van der Waals surface area contributed by atoms with Gasteiger partial charge in [-0.1, -0.05) is 43.9 Å². The van der Waals surface area contributed by atoms with Gasteiger partial charge in [0.15, 0.2) is 0 Å². The lowest BCUT2D eigenvalue weighted by Crippen LogP contribution is -1.95. The number of rotatable bonds is 5. The molecule has 0 spiro atoms. The zero-order valence-corrected chi connectivity index (χ0v) is 9.49. The monoisotopic (exact) mass is 202 g/mol. The molecule has 0 atom stereocenters. The van der Waals surface area contributed by atoms with Crippen molar-refractivity contribution < 1.29 is 4.74 Å². The maximum absolute atomic E-state index is 5.59. The molecular weight excluding hydrogens is 184 g/mol. The summed E-state index contributed by atoms with van der Waals surface area (Å²) in [6.07, 6.45) is 4.84. The first-order valence-electron chi connectivity index (χ1n) is 5.37. The van der Waals surface area contributed by atoms with Gasteiger partial charge in [0, 0.05) is 5.56 Å². The molecule has 1 aromatic rings. The summed E-state index contributed by atoms with van der Waals surface area (Å²) in [7, 11) is 0. The van der Waals surface area contributed by atoms with Gasteiger partial charge in [0.05, 0.1) is 6.61 Å². The lowest BCUT2D eigenvalue weighted by molar-refractivity contribution is 0.339. The van der Waals surface area contributed by atoms with Crippen LogP contribution in [0.5, 0.6) is 5.75 Å². The van der Waals surface area contributed by atoms with Crippen LogP contribution in [0.4, 0.5) is 0 Å². The van der Waals surface area contributed by atoms with E-state index >= 15 is 0 Å². The molecule has 0 bridgehead atoms. The van der Waals surface area contributed by atoms with Crippen molar-refractivity contribution >= 4 is 5.57 Å². The first-order valence-corrected chi connectivity index (χ1v) is 5.37. The zero-order chi connectivity index (χ0) is 11.1. The number of para-hydroxylation sites is 1. The van der Waals surface area contributed by atoms with E-state index in [1.807, 2.05) is 37.3 Å². The molecule has 0 aliphatic heterocycles. The Balaban J connectivity index is 3.10. The predicted octanol–water partition coefficient (Wildman–Crippen LogP) is 4.06. The summed E-state index contributed by atoms with van der Waals surface area (Å²) in [5.74, 6) is 0.954. The maximum Gasteiger partial charge on any atom is 0.126 e. The number of hydrogen-bond acceptors (Lipinski definition) is 1. The highest BCUT2D eigenvalue weighted by atomic mass is 16.5. The van der Waals surface area contributed by atoms with Crippen molar-refractivity contribution in [3.05, 3.63) is 48.6 Å². The molecule has 1 heteroatoms. The summed E-state index contributed by atoms with van der Waals surface area (Å²) in [6, 6.07) is 8.12. The van der Waals surface area contributed by atoms with E-state index in [0.717, 1.165) is 12.2 Å². The van der Waals surface area contributed by atoms with Crippen molar-refractivity contribution in [2.75, 3.05) is 6.61 Å². The van der Waals surface area contributed by atoms with E-state index in [-0.39, 0.29) is 0 Å². The van der Waals surface area contributed by atoms with Crippen LogP contribution in [0.3, 0.4) is 0 Å². The minimum absolute atomic E-state index is 0.697. The average Bonchev–Trinajstić information content (AvgIpc) is 2.27. The number of hydrogen-bond donors (Lipinski definition) is 0. The molecule has 0 N–H and O–H groups in total. The quantitative estimate of drug-likeness (QED) is 0.654. The van der Waals surface area contributed by atoms with E-state index in [1.54, 1.807) is 0 Å². The lowest BCUT2D eigenvalue weighted by Gasteiger charge is -2.11. The molecule has 0 aliphatic carbocycles. The Kier molecular flexibility index (Phi) is 4.69. The molecule has 0 unspecified atom stereocenters. The van der Waals surface area contributed by atoms with Gasteiger partial charge in [-0.25, -0.2) is 0 Å². The van der Waals surface area contributed by atoms with Crippen LogP contribution in [0.2, 0.25) is 0 Å². The van der Waals surface area contributed by atoms with Gasteiger partial charge in [-0.05, 0) is 25.0 Å². The molecule has 0 amide bonds. The van der Waals surface area contributed by atoms with Crippen LogP contribution in [0.15, 0.2) is 43.0 Å². The second kappa shape index (κ2) is 6.07. The summed E-state index contributed by atoms with van der Waals surface area (Å²) in [5.41, 5.74) is 2.43. The molecule has 1 aromatic carbocycles. The van der Waals surface area contributed by atoms with Gasteiger partial charge in [-0.3, -0.25) is 0 Å². The molecular formula is C14H18O. The molecule has 0 radical (unpaired) electrons. The van der Waals surface area contributed by atoms with E-state index in [1.165, 1.54) is 11.1 Å². The Morgan fingerprint density at radius 1 is 1.33 bits per heavy atom. The summed E-state index contributed by atoms with van der Waals surface area (Å²) >= 11 is 0. The second-order valence-electron chi connectivity index (χ2n) is 3.21. The molecule has 0 aliphatic rings. The van der Waals surface area contributed by atoms with Gasteiger partial charge in [0.2, 0.25) is 0 Å². The Hall–Kier alpha value is -1.50. The number of allylic oxidation sites excluding steroid dienone is 3. The van der Waals surface area contributed by atoms with Crippen molar-refractivity contribution in [2.24, 2.45) is 0 Å². The Morgan fingerprint density at radius 2 is 2.07 bits per heavy atom. The highest BCUT2D eigenvalue weighted by molar-refractivity contribution is 5.71. The number of benzene rings is 1. The first kappa shape index (κ1) is 11.6. The van der Waals surface area contributed by atoms with Crippen molar-refractivity contribution in [1.82, 2.24) is 0 Å². The molecule has 0 saturated heterocycles. The second-order valence-corrected chi connectivity index (χ2v) is 3.21. The van der Waals surface area contributed by atoms with Crippen LogP contribution in [0.1, 0.15) is 25.8 Å². The predicted molar refractivity (Wildman–Crippen MR) is 66.1 cm³/mol. The lowest BCUT2D eigenvalue weighted by atomic mass is 10.0. The van der Waals surface area contributed by atoms with Gasteiger partial charge < -0.3 is 4.74 Å². The molecule has 1 rings (SSSR count). The standard InChI is InChI=1S/C14H18O/c1-4-9-12(5-2)13-10-7-8-11-14(13)15-6-3/h4,7-11H,1,5-6H2,2-3H3/b12-9+. The third-order valence-corrected chi connectivity index (χ3v) is 2.23. The van der Waals surface area contributed by atoms with Gasteiger partial charge in [0.25, 0.3) is 0 Å².